The fourth-order valence-corrected chi connectivity index (χ4v) is 6.37. The molecular weight excluding hydrogens is 674 g/mol. The Morgan fingerprint density at radius 3 is 1.55 bits per heavy atom. The predicted octanol–water partition coefficient (Wildman–Crippen LogP) is 11.7. The first-order valence-corrected chi connectivity index (χ1v) is 15.4. The van der Waals surface area contributed by atoms with Crippen LogP contribution in [0.5, 0.6) is 0 Å². The maximum Gasteiger partial charge on any atom is 0.417 e. The van der Waals surface area contributed by atoms with Crippen molar-refractivity contribution in [2.24, 2.45) is 0 Å². The highest BCUT2D eigenvalue weighted by atomic mass is 19.4. The van der Waals surface area contributed by atoms with Gasteiger partial charge in [0.25, 0.3) is 0 Å². The number of benzene rings is 6. The number of pyridine rings is 1. The van der Waals surface area contributed by atoms with Crippen LogP contribution in [0, 0.1) is 29.1 Å². The third kappa shape index (κ3) is 5.24. The molecule has 0 N–H and O–H groups in total. The molecule has 6 aromatic carbocycles. The van der Waals surface area contributed by atoms with Crippen LogP contribution in [0.1, 0.15) is 5.56 Å². The van der Waals surface area contributed by atoms with Crippen molar-refractivity contribution in [1.29, 1.82) is 0 Å². The Balaban J connectivity index is 1.52. The zero-order chi connectivity index (χ0) is 35.6. The lowest BCUT2D eigenvalue weighted by molar-refractivity contribution is -0.136. The highest BCUT2D eigenvalue weighted by Crippen LogP contribution is 2.46. The van der Waals surface area contributed by atoms with Gasteiger partial charge in [0.05, 0.1) is 44.8 Å². The summed E-state index contributed by atoms with van der Waals surface area (Å²) in [6.07, 6.45) is -4.96. The van der Waals surface area contributed by atoms with Gasteiger partial charge in [-0.15, -0.1) is 0 Å². The molecule has 8 rings (SSSR count). The fourth-order valence-electron chi connectivity index (χ4n) is 6.37. The Hall–Kier alpha value is -6.23. The molecular formula is C40H19F8N3. The van der Waals surface area contributed by atoms with Crippen LogP contribution in [-0.2, 0) is 6.18 Å². The second kappa shape index (κ2) is 12.0. The van der Waals surface area contributed by atoms with E-state index >= 15 is 13.2 Å². The SMILES string of the molecule is Fc1c(F)c(F)c(-c2cccc(-c3nc4ccccc4c4c3c(C(F)(F)F)cc3nc(-c5ccccc5)c(-c5ccccc5)nc34)c2)c(F)c1F. The van der Waals surface area contributed by atoms with Crippen LogP contribution < -0.4 is 0 Å². The van der Waals surface area contributed by atoms with Gasteiger partial charge < -0.3 is 0 Å². The number of alkyl halides is 3. The minimum Gasteiger partial charge on any atom is -0.247 e. The van der Waals surface area contributed by atoms with Crippen molar-refractivity contribution >= 4 is 32.7 Å². The predicted molar refractivity (Wildman–Crippen MR) is 179 cm³/mol. The Kier molecular flexibility index (Phi) is 7.51. The summed E-state index contributed by atoms with van der Waals surface area (Å²) in [5.41, 5.74) is -0.730. The van der Waals surface area contributed by atoms with Crippen molar-refractivity contribution in [3.63, 3.8) is 0 Å². The third-order valence-corrected chi connectivity index (χ3v) is 8.64. The van der Waals surface area contributed by atoms with Gasteiger partial charge in [0.2, 0.25) is 5.82 Å². The Bertz CT molecular complexity index is 2650. The lowest BCUT2D eigenvalue weighted by Crippen LogP contribution is -2.09. The molecule has 2 aromatic heterocycles. The summed E-state index contributed by atoms with van der Waals surface area (Å²) in [4.78, 5) is 14.4. The number of hydrogen-bond donors (Lipinski definition) is 0. The number of hydrogen-bond acceptors (Lipinski definition) is 3. The standard InChI is InChI=1S/C40H19F8N3/c41-31-28(32(42)34(44)35(45)33(31)43)22-14-9-15-23(18-22)36-30-25(40(46,47)48)19-27-39(29(30)24-16-7-8-17-26(24)49-36)51-38(21-12-5-2-6-13-21)37(50-27)20-10-3-1-4-11-20/h1-19H. The molecule has 0 fully saturated rings. The van der Waals surface area contributed by atoms with Gasteiger partial charge in [-0.2, -0.15) is 13.2 Å². The van der Waals surface area contributed by atoms with Crippen LogP contribution in [-0.4, -0.2) is 15.0 Å². The highest BCUT2D eigenvalue weighted by molar-refractivity contribution is 6.22. The quantitative estimate of drug-likeness (QED) is 0.0797. The molecule has 250 valence electrons. The lowest BCUT2D eigenvalue weighted by Gasteiger charge is -2.19. The van der Waals surface area contributed by atoms with E-state index in [4.69, 9.17) is 9.97 Å². The minimum atomic E-state index is -4.96. The summed E-state index contributed by atoms with van der Waals surface area (Å²) in [5, 5.41) is -0.000528. The van der Waals surface area contributed by atoms with E-state index in [-0.39, 0.29) is 38.6 Å². The molecule has 2 heterocycles. The molecule has 0 aliphatic heterocycles. The molecule has 0 spiro atoms. The number of nitrogens with zero attached hydrogens (tertiary/aromatic N) is 3. The molecule has 8 aromatic rings. The molecule has 0 unspecified atom stereocenters. The second-order valence-corrected chi connectivity index (χ2v) is 11.7. The number of para-hydroxylation sites is 1. The van der Waals surface area contributed by atoms with Crippen molar-refractivity contribution in [2.45, 2.75) is 6.18 Å². The van der Waals surface area contributed by atoms with E-state index in [2.05, 4.69) is 4.98 Å². The molecule has 0 aliphatic rings. The molecule has 0 amide bonds. The van der Waals surface area contributed by atoms with Crippen LogP contribution in [0.4, 0.5) is 35.1 Å². The van der Waals surface area contributed by atoms with Crippen molar-refractivity contribution in [2.75, 3.05) is 0 Å². The second-order valence-electron chi connectivity index (χ2n) is 11.7. The van der Waals surface area contributed by atoms with Crippen molar-refractivity contribution in [1.82, 2.24) is 15.0 Å². The normalized spacial score (nSPS) is 11.9. The molecule has 3 nitrogen and oxygen atoms in total. The van der Waals surface area contributed by atoms with E-state index in [1.807, 2.05) is 18.2 Å². The molecule has 0 aliphatic carbocycles. The first-order chi connectivity index (χ1) is 24.5. The summed E-state index contributed by atoms with van der Waals surface area (Å²) < 4.78 is 118. The summed E-state index contributed by atoms with van der Waals surface area (Å²) in [5.74, 6) is -10.8. The van der Waals surface area contributed by atoms with Gasteiger partial charge in [-0.1, -0.05) is 97.1 Å². The average Bonchev–Trinajstić information content (AvgIpc) is 3.15. The van der Waals surface area contributed by atoms with Crippen molar-refractivity contribution in [3.8, 4) is 44.9 Å². The Labute approximate surface area is 283 Å². The Morgan fingerprint density at radius 2 is 0.922 bits per heavy atom. The maximum absolute atomic E-state index is 15.2. The van der Waals surface area contributed by atoms with Crippen LogP contribution in [0.3, 0.4) is 0 Å². The number of halogens is 8. The molecule has 0 radical (unpaired) electrons. The van der Waals surface area contributed by atoms with Gasteiger partial charge in [0, 0.05) is 32.8 Å². The minimum absolute atomic E-state index is 0.0502. The molecule has 0 atom stereocenters. The number of fused-ring (bicyclic) bond motifs is 5. The molecule has 0 saturated carbocycles. The summed E-state index contributed by atoms with van der Waals surface area (Å²) in [7, 11) is 0. The van der Waals surface area contributed by atoms with Gasteiger partial charge in [0.1, 0.15) is 0 Å². The van der Waals surface area contributed by atoms with Gasteiger partial charge in [-0.3, -0.25) is 0 Å². The van der Waals surface area contributed by atoms with Gasteiger partial charge in [-0.05, 0) is 23.8 Å². The molecule has 11 heteroatoms. The lowest BCUT2D eigenvalue weighted by atomic mass is 9.92. The van der Waals surface area contributed by atoms with Crippen molar-refractivity contribution < 1.29 is 35.1 Å². The first kappa shape index (κ1) is 32.0. The number of aromatic nitrogens is 3. The van der Waals surface area contributed by atoms with E-state index in [0.29, 0.717) is 27.9 Å². The van der Waals surface area contributed by atoms with E-state index in [0.717, 1.165) is 18.2 Å². The molecule has 51 heavy (non-hydrogen) atoms. The van der Waals surface area contributed by atoms with Gasteiger partial charge in [0.15, 0.2) is 23.3 Å². The first-order valence-electron chi connectivity index (χ1n) is 15.4. The largest absolute Gasteiger partial charge is 0.417 e. The van der Waals surface area contributed by atoms with Crippen LogP contribution in [0.15, 0.2) is 115 Å². The zero-order valence-electron chi connectivity index (χ0n) is 25.8. The topological polar surface area (TPSA) is 38.7 Å². The zero-order valence-corrected chi connectivity index (χ0v) is 25.8. The van der Waals surface area contributed by atoms with E-state index < -0.39 is 52.0 Å². The van der Waals surface area contributed by atoms with Crippen LogP contribution in [0.25, 0.3) is 77.6 Å². The van der Waals surface area contributed by atoms with Gasteiger partial charge >= 0.3 is 6.18 Å². The van der Waals surface area contributed by atoms with Crippen LogP contribution >= 0.6 is 0 Å². The summed E-state index contributed by atoms with van der Waals surface area (Å²) >= 11 is 0. The van der Waals surface area contributed by atoms with E-state index in [9.17, 15) is 22.0 Å². The summed E-state index contributed by atoms with van der Waals surface area (Å²) in [6, 6.07) is 30.0. The number of rotatable bonds is 4. The molecule has 0 saturated heterocycles. The maximum atomic E-state index is 15.2. The fraction of sp³-hybridized carbons (Fsp3) is 0.0250. The highest BCUT2D eigenvalue weighted by Gasteiger charge is 2.36. The van der Waals surface area contributed by atoms with E-state index in [1.165, 1.54) is 12.1 Å². The van der Waals surface area contributed by atoms with Crippen LogP contribution in [0.2, 0.25) is 0 Å². The smallest absolute Gasteiger partial charge is 0.247 e. The van der Waals surface area contributed by atoms with Crippen molar-refractivity contribution in [3.05, 3.63) is 150 Å². The average molecular weight is 694 g/mol. The summed E-state index contributed by atoms with van der Waals surface area (Å²) in [6.45, 7) is 0. The molecule has 0 bridgehead atoms. The monoisotopic (exact) mass is 693 g/mol. The van der Waals surface area contributed by atoms with E-state index in [1.54, 1.807) is 66.7 Å². The third-order valence-electron chi connectivity index (χ3n) is 8.64. The Morgan fingerprint density at radius 1 is 0.412 bits per heavy atom. The van der Waals surface area contributed by atoms with Gasteiger partial charge in [-0.25, -0.2) is 36.9 Å².